The fourth-order valence-electron chi connectivity index (χ4n) is 3.40. The van der Waals surface area contributed by atoms with Crippen molar-refractivity contribution in [1.82, 2.24) is 25.3 Å². The summed E-state index contributed by atoms with van der Waals surface area (Å²) in [6.45, 7) is 2.87. The van der Waals surface area contributed by atoms with Crippen molar-refractivity contribution in [3.8, 4) is 22.5 Å². The molecule has 4 rings (SSSR count). The van der Waals surface area contributed by atoms with Crippen LogP contribution in [0.1, 0.15) is 19.8 Å². The van der Waals surface area contributed by atoms with E-state index in [9.17, 15) is 4.79 Å². The molecule has 0 aliphatic rings. The molecular formula is C26H25Cl5N8O. The summed E-state index contributed by atoms with van der Waals surface area (Å²) < 4.78 is 0. The zero-order valence-electron chi connectivity index (χ0n) is 21.2. The quantitative estimate of drug-likeness (QED) is 0.118. The Balaban J connectivity index is 0.000000238. The molecule has 0 fully saturated rings. The SMILES string of the molecule is CC(=O)NCCCCNc1cc(-c2cccc(Cl)c2Cl)nc(N)n1.Nc1nc(Cl)cc(-c2cccc(Cl)c2Cl)n1. The molecule has 9 nitrogen and oxygen atoms in total. The van der Waals surface area contributed by atoms with Gasteiger partial charge in [0.15, 0.2) is 0 Å². The van der Waals surface area contributed by atoms with E-state index >= 15 is 0 Å². The number of carbonyl (C=O) groups is 1. The van der Waals surface area contributed by atoms with Crippen LogP contribution in [0.25, 0.3) is 22.5 Å². The van der Waals surface area contributed by atoms with Crippen LogP contribution in [0.5, 0.6) is 0 Å². The molecule has 2 heterocycles. The van der Waals surface area contributed by atoms with Crippen molar-refractivity contribution < 1.29 is 4.79 Å². The Labute approximate surface area is 256 Å². The largest absolute Gasteiger partial charge is 0.370 e. The second-order valence-electron chi connectivity index (χ2n) is 8.25. The molecule has 40 heavy (non-hydrogen) atoms. The van der Waals surface area contributed by atoms with Gasteiger partial charge in [0.2, 0.25) is 17.8 Å². The average Bonchev–Trinajstić information content (AvgIpc) is 2.88. The summed E-state index contributed by atoms with van der Waals surface area (Å²) in [7, 11) is 0. The van der Waals surface area contributed by atoms with Crippen molar-refractivity contribution in [3.63, 3.8) is 0 Å². The van der Waals surface area contributed by atoms with Gasteiger partial charge in [0.1, 0.15) is 11.0 Å². The number of benzene rings is 2. The van der Waals surface area contributed by atoms with Crippen molar-refractivity contribution in [2.45, 2.75) is 19.8 Å². The Morgan fingerprint density at radius 1 is 0.750 bits per heavy atom. The minimum Gasteiger partial charge on any atom is -0.370 e. The van der Waals surface area contributed by atoms with E-state index in [-0.39, 0.29) is 23.0 Å². The minimum absolute atomic E-state index is 0.0189. The highest BCUT2D eigenvalue weighted by Crippen LogP contribution is 2.34. The molecule has 0 saturated carbocycles. The van der Waals surface area contributed by atoms with E-state index in [2.05, 4.69) is 30.6 Å². The van der Waals surface area contributed by atoms with Crippen molar-refractivity contribution in [2.24, 2.45) is 0 Å². The first-order valence-electron chi connectivity index (χ1n) is 11.9. The average molecular weight is 643 g/mol. The third-order valence-corrected chi connectivity index (χ3v) is 7.03. The lowest BCUT2D eigenvalue weighted by Gasteiger charge is -2.10. The first kappa shape index (κ1) is 31.4. The number of unbranched alkanes of at least 4 members (excludes halogenated alkanes) is 1. The molecule has 0 unspecified atom stereocenters. The standard InChI is InChI=1S/C16H19Cl2N5O.C10H6Cl3N3/c1-10(24)20-7-2-3-8-21-14-9-13(22-16(19)23-14)11-5-4-6-12(17)15(11)18;11-6-3-1-2-5(9(6)13)7-4-8(12)16-10(14)15-7/h4-6,9H,2-3,7-8H2,1H3,(H,20,24)(H3,19,21,22,23);1-4H,(H2,14,15,16). The second kappa shape index (κ2) is 15.1. The molecule has 1 amide bonds. The summed E-state index contributed by atoms with van der Waals surface area (Å²) in [5.41, 5.74) is 13.8. The topological polar surface area (TPSA) is 145 Å². The number of rotatable bonds is 8. The van der Waals surface area contributed by atoms with Gasteiger partial charge >= 0.3 is 0 Å². The molecular weight excluding hydrogens is 618 g/mol. The van der Waals surface area contributed by atoms with Gasteiger partial charge in [-0.1, -0.05) is 82.3 Å². The number of aromatic nitrogens is 4. The summed E-state index contributed by atoms with van der Waals surface area (Å²) in [6.07, 6.45) is 1.76. The Morgan fingerprint density at radius 2 is 1.27 bits per heavy atom. The number of anilines is 3. The smallest absolute Gasteiger partial charge is 0.222 e. The van der Waals surface area contributed by atoms with Gasteiger partial charge in [0.05, 0.1) is 31.5 Å². The summed E-state index contributed by atoms with van der Waals surface area (Å²) >= 11 is 30.0. The van der Waals surface area contributed by atoms with Crippen LogP contribution in [0.15, 0.2) is 48.5 Å². The van der Waals surface area contributed by atoms with Crippen molar-refractivity contribution >= 4 is 81.6 Å². The molecule has 2 aromatic heterocycles. The number of hydrogen-bond donors (Lipinski definition) is 4. The van der Waals surface area contributed by atoms with Gasteiger partial charge < -0.3 is 22.1 Å². The zero-order valence-corrected chi connectivity index (χ0v) is 25.0. The number of nitrogens with two attached hydrogens (primary N) is 2. The summed E-state index contributed by atoms with van der Waals surface area (Å²) in [5.74, 6) is 0.852. The molecule has 210 valence electrons. The Bertz CT molecular complexity index is 1470. The maximum Gasteiger partial charge on any atom is 0.222 e. The van der Waals surface area contributed by atoms with Gasteiger partial charge in [0.25, 0.3) is 0 Å². The van der Waals surface area contributed by atoms with Crippen LogP contribution < -0.4 is 22.1 Å². The first-order chi connectivity index (χ1) is 19.0. The van der Waals surface area contributed by atoms with Crippen molar-refractivity contribution in [1.29, 1.82) is 0 Å². The van der Waals surface area contributed by atoms with Gasteiger partial charge in [-0.2, -0.15) is 4.98 Å². The van der Waals surface area contributed by atoms with Gasteiger partial charge in [-0.25, -0.2) is 15.0 Å². The normalized spacial score (nSPS) is 10.4. The lowest BCUT2D eigenvalue weighted by atomic mass is 10.1. The van der Waals surface area contributed by atoms with Crippen LogP contribution in [-0.2, 0) is 4.79 Å². The van der Waals surface area contributed by atoms with Crippen LogP contribution >= 0.6 is 58.0 Å². The highest BCUT2D eigenvalue weighted by molar-refractivity contribution is 6.44. The lowest BCUT2D eigenvalue weighted by Crippen LogP contribution is -2.21. The number of amides is 1. The molecule has 0 radical (unpaired) electrons. The maximum atomic E-state index is 10.8. The predicted octanol–water partition coefficient (Wildman–Crippen LogP) is 7.05. The van der Waals surface area contributed by atoms with Gasteiger partial charge in [-0.05, 0) is 25.0 Å². The van der Waals surface area contributed by atoms with E-state index in [1.165, 1.54) is 6.92 Å². The Kier molecular flexibility index (Phi) is 11.8. The zero-order chi connectivity index (χ0) is 29.2. The molecule has 0 atom stereocenters. The van der Waals surface area contributed by atoms with Crippen LogP contribution in [0, 0.1) is 0 Å². The van der Waals surface area contributed by atoms with Crippen LogP contribution in [0.2, 0.25) is 25.2 Å². The van der Waals surface area contributed by atoms with E-state index in [1.807, 2.05) is 6.07 Å². The molecule has 6 N–H and O–H groups in total. The number of halogens is 5. The molecule has 14 heteroatoms. The predicted molar refractivity (Wildman–Crippen MR) is 165 cm³/mol. The van der Waals surface area contributed by atoms with Crippen LogP contribution in [0.4, 0.5) is 17.7 Å². The van der Waals surface area contributed by atoms with Crippen LogP contribution in [-0.4, -0.2) is 38.9 Å². The molecule has 0 bridgehead atoms. The van der Waals surface area contributed by atoms with E-state index < -0.39 is 0 Å². The molecule has 0 aliphatic carbocycles. The van der Waals surface area contributed by atoms with Gasteiger partial charge in [-0.3, -0.25) is 4.79 Å². The van der Waals surface area contributed by atoms with E-state index in [4.69, 9.17) is 69.5 Å². The fourth-order valence-corrected chi connectivity index (χ4v) is 4.39. The third-order valence-electron chi connectivity index (χ3n) is 5.19. The van der Waals surface area contributed by atoms with Crippen molar-refractivity contribution in [2.75, 3.05) is 29.9 Å². The minimum atomic E-state index is -0.0189. The lowest BCUT2D eigenvalue weighted by molar-refractivity contribution is -0.118. The number of hydrogen-bond acceptors (Lipinski definition) is 8. The second-order valence-corrected chi connectivity index (χ2v) is 10.2. The highest BCUT2D eigenvalue weighted by atomic mass is 35.5. The molecule has 4 aromatic rings. The van der Waals surface area contributed by atoms with Crippen LogP contribution in [0.3, 0.4) is 0 Å². The van der Waals surface area contributed by atoms with Gasteiger partial charge in [-0.15, -0.1) is 0 Å². The third kappa shape index (κ3) is 9.25. The number of carbonyl (C=O) groups excluding carboxylic acids is 1. The van der Waals surface area contributed by atoms with Crippen molar-refractivity contribution in [3.05, 3.63) is 73.8 Å². The molecule has 0 spiro atoms. The van der Waals surface area contributed by atoms with Gasteiger partial charge in [0, 0.05) is 43.3 Å². The molecule has 2 aromatic carbocycles. The molecule has 0 saturated heterocycles. The highest BCUT2D eigenvalue weighted by Gasteiger charge is 2.11. The van der Waals surface area contributed by atoms with E-state index in [0.29, 0.717) is 61.5 Å². The first-order valence-corrected chi connectivity index (χ1v) is 13.8. The monoisotopic (exact) mass is 640 g/mol. The number of nitrogen functional groups attached to an aromatic ring is 2. The Hall–Kier alpha value is -3.08. The number of nitrogens with one attached hydrogen (secondary N) is 2. The molecule has 0 aliphatic heterocycles. The van der Waals surface area contributed by atoms with E-state index in [0.717, 1.165) is 12.8 Å². The number of nitrogens with zero attached hydrogens (tertiary/aromatic N) is 4. The summed E-state index contributed by atoms with van der Waals surface area (Å²) in [6, 6.07) is 14.0. The fraction of sp³-hybridized carbons (Fsp3) is 0.192. The Morgan fingerprint density at radius 3 is 1.82 bits per heavy atom. The summed E-state index contributed by atoms with van der Waals surface area (Å²) in [5, 5.41) is 7.97. The summed E-state index contributed by atoms with van der Waals surface area (Å²) in [4.78, 5) is 27.0. The van der Waals surface area contributed by atoms with E-state index in [1.54, 1.807) is 42.5 Å². The maximum absolute atomic E-state index is 10.8.